The zero-order chi connectivity index (χ0) is 16.1. The number of aromatic amines is 1. The molecule has 122 valence electrons. The summed E-state index contributed by atoms with van der Waals surface area (Å²) in [4.78, 5) is 23.2. The highest BCUT2D eigenvalue weighted by molar-refractivity contribution is 5.71. The average Bonchev–Trinajstić information content (AvgIpc) is 2.86. The summed E-state index contributed by atoms with van der Waals surface area (Å²) in [7, 11) is 0. The topological polar surface area (TPSA) is 116 Å². The van der Waals surface area contributed by atoms with Crippen LogP contribution in [0.1, 0.15) is 64.2 Å². The molecule has 0 saturated carbocycles. The number of fused-ring (bicyclic) bond motifs is 1. The maximum atomic E-state index is 12.0. The van der Waals surface area contributed by atoms with Crippen LogP contribution in [-0.2, 0) is 6.54 Å². The summed E-state index contributed by atoms with van der Waals surface area (Å²) in [6.07, 6.45) is 6.56. The Morgan fingerprint density at radius 1 is 1.18 bits per heavy atom. The van der Waals surface area contributed by atoms with Crippen LogP contribution in [0.4, 0.5) is 5.95 Å². The van der Waals surface area contributed by atoms with Crippen LogP contribution >= 0.6 is 0 Å². The monoisotopic (exact) mass is 306 g/mol. The molecule has 22 heavy (non-hydrogen) atoms. The SMILES string of the molecule is CCCCC(CCCC)n1c(CN)nc2c(=O)[nH]c(N)nc21. The minimum atomic E-state index is -0.305. The molecule has 7 nitrogen and oxygen atoms in total. The minimum absolute atomic E-state index is 0.118. The van der Waals surface area contributed by atoms with Gasteiger partial charge in [-0.25, -0.2) is 4.98 Å². The standard InChI is InChI=1S/C15H26N6O/c1-3-5-7-10(8-6-4-2)21-11(9-16)18-12-13(21)19-15(17)20-14(12)22/h10H,3-9,16H2,1-2H3,(H3,17,19,20,22). The number of nitrogens with two attached hydrogens (primary N) is 2. The fraction of sp³-hybridized carbons (Fsp3) is 0.667. The number of aromatic nitrogens is 4. The van der Waals surface area contributed by atoms with Crippen LogP contribution in [0, 0.1) is 0 Å². The van der Waals surface area contributed by atoms with Crippen LogP contribution in [0.25, 0.3) is 11.2 Å². The van der Waals surface area contributed by atoms with Crippen LogP contribution in [0.15, 0.2) is 4.79 Å². The summed E-state index contributed by atoms with van der Waals surface area (Å²) in [6.45, 7) is 4.63. The van der Waals surface area contributed by atoms with E-state index in [0.29, 0.717) is 17.0 Å². The zero-order valence-corrected chi connectivity index (χ0v) is 13.4. The molecule has 0 fully saturated rings. The van der Waals surface area contributed by atoms with Gasteiger partial charge in [-0.3, -0.25) is 9.78 Å². The van der Waals surface area contributed by atoms with Crippen molar-refractivity contribution in [3.05, 3.63) is 16.2 Å². The molecular formula is C15H26N6O. The summed E-state index contributed by atoms with van der Waals surface area (Å²) in [5.74, 6) is 0.822. The number of nitrogen functional groups attached to an aromatic ring is 1. The molecule has 0 radical (unpaired) electrons. The van der Waals surface area contributed by atoms with Gasteiger partial charge in [-0.1, -0.05) is 39.5 Å². The molecule has 0 aliphatic carbocycles. The molecule has 0 unspecified atom stereocenters. The first-order valence-corrected chi connectivity index (χ1v) is 8.09. The van der Waals surface area contributed by atoms with Crippen molar-refractivity contribution in [1.82, 2.24) is 19.5 Å². The number of nitrogens with zero attached hydrogens (tertiary/aromatic N) is 3. The number of anilines is 1. The smallest absolute Gasteiger partial charge is 0.280 e. The molecule has 0 aliphatic rings. The fourth-order valence-electron chi connectivity index (χ4n) is 2.86. The molecule has 0 aromatic carbocycles. The van der Waals surface area contributed by atoms with Gasteiger partial charge in [0.2, 0.25) is 5.95 Å². The van der Waals surface area contributed by atoms with Crippen molar-refractivity contribution in [2.75, 3.05) is 5.73 Å². The van der Waals surface area contributed by atoms with Gasteiger partial charge < -0.3 is 16.0 Å². The van der Waals surface area contributed by atoms with Crippen molar-refractivity contribution >= 4 is 17.1 Å². The number of imidazole rings is 1. The van der Waals surface area contributed by atoms with Crippen molar-refractivity contribution in [1.29, 1.82) is 0 Å². The lowest BCUT2D eigenvalue weighted by Gasteiger charge is -2.21. The van der Waals surface area contributed by atoms with E-state index in [1.54, 1.807) is 0 Å². The molecule has 0 atom stereocenters. The highest BCUT2D eigenvalue weighted by Gasteiger charge is 2.21. The highest BCUT2D eigenvalue weighted by Crippen LogP contribution is 2.27. The molecule has 0 bridgehead atoms. The van der Waals surface area contributed by atoms with E-state index < -0.39 is 0 Å². The van der Waals surface area contributed by atoms with Crippen LogP contribution in [-0.4, -0.2) is 19.5 Å². The quantitative estimate of drug-likeness (QED) is 0.690. The van der Waals surface area contributed by atoms with Gasteiger partial charge >= 0.3 is 0 Å². The van der Waals surface area contributed by atoms with Crippen molar-refractivity contribution in [2.24, 2.45) is 5.73 Å². The largest absolute Gasteiger partial charge is 0.369 e. The zero-order valence-electron chi connectivity index (χ0n) is 13.4. The van der Waals surface area contributed by atoms with E-state index >= 15 is 0 Å². The maximum absolute atomic E-state index is 12.0. The molecule has 0 spiro atoms. The van der Waals surface area contributed by atoms with Crippen molar-refractivity contribution in [2.45, 2.75) is 65.0 Å². The molecule has 5 N–H and O–H groups in total. The molecular weight excluding hydrogens is 280 g/mol. The van der Waals surface area contributed by atoms with E-state index in [1.165, 1.54) is 0 Å². The van der Waals surface area contributed by atoms with Crippen molar-refractivity contribution in [3.8, 4) is 0 Å². The lowest BCUT2D eigenvalue weighted by molar-refractivity contribution is 0.405. The second-order valence-electron chi connectivity index (χ2n) is 5.66. The summed E-state index contributed by atoms with van der Waals surface area (Å²) >= 11 is 0. The summed E-state index contributed by atoms with van der Waals surface area (Å²) in [5.41, 5.74) is 12.1. The Balaban J connectivity index is 2.55. The second kappa shape index (κ2) is 7.40. The van der Waals surface area contributed by atoms with Gasteiger partial charge in [0.05, 0.1) is 6.54 Å². The first-order valence-electron chi connectivity index (χ1n) is 8.09. The molecule has 2 aromatic rings. The highest BCUT2D eigenvalue weighted by atomic mass is 16.1. The molecule has 2 aromatic heterocycles. The Labute approximate surface area is 130 Å². The Morgan fingerprint density at radius 3 is 2.36 bits per heavy atom. The maximum Gasteiger partial charge on any atom is 0.280 e. The van der Waals surface area contributed by atoms with E-state index in [4.69, 9.17) is 11.5 Å². The van der Waals surface area contributed by atoms with Crippen LogP contribution in [0.3, 0.4) is 0 Å². The molecule has 0 amide bonds. The third kappa shape index (κ3) is 3.30. The lowest BCUT2D eigenvalue weighted by atomic mass is 10.0. The van der Waals surface area contributed by atoms with Crippen molar-refractivity contribution in [3.63, 3.8) is 0 Å². The average molecular weight is 306 g/mol. The predicted molar refractivity (Wildman–Crippen MR) is 88.5 cm³/mol. The van der Waals surface area contributed by atoms with Crippen LogP contribution < -0.4 is 17.0 Å². The van der Waals surface area contributed by atoms with Gasteiger partial charge in [-0.2, -0.15) is 4.98 Å². The van der Waals surface area contributed by atoms with Gasteiger partial charge in [0, 0.05) is 6.04 Å². The predicted octanol–water partition coefficient (Wildman–Crippen LogP) is 2.08. The Bertz CT molecular complexity index is 666. The van der Waals surface area contributed by atoms with Crippen LogP contribution in [0.5, 0.6) is 0 Å². The van der Waals surface area contributed by atoms with E-state index in [1.807, 2.05) is 4.57 Å². The normalized spacial score (nSPS) is 11.6. The number of unbranched alkanes of at least 4 members (excludes halogenated alkanes) is 2. The van der Waals surface area contributed by atoms with E-state index in [0.717, 1.165) is 38.5 Å². The fourth-order valence-corrected chi connectivity index (χ4v) is 2.86. The number of nitrogens with one attached hydrogen (secondary N) is 1. The molecule has 2 heterocycles. The second-order valence-corrected chi connectivity index (χ2v) is 5.66. The third-order valence-electron chi connectivity index (χ3n) is 3.97. The van der Waals surface area contributed by atoms with E-state index in [9.17, 15) is 4.79 Å². The van der Waals surface area contributed by atoms with Gasteiger partial charge in [0.1, 0.15) is 5.82 Å². The summed E-state index contributed by atoms with van der Waals surface area (Å²) < 4.78 is 2.03. The number of H-pyrrole nitrogens is 1. The van der Waals surface area contributed by atoms with Crippen LogP contribution in [0.2, 0.25) is 0 Å². The van der Waals surface area contributed by atoms with Gasteiger partial charge in [-0.15, -0.1) is 0 Å². The first-order chi connectivity index (χ1) is 10.6. The lowest BCUT2D eigenvalue weighted by Crippen LogP contribution is -2.17. The van der Waals surface area contributed by atoms with E-state index in [-0.39, 0.29) is 24.1 Å². The molecule has 7 heteroatoms. The number of hydrogen-bond acceptors (Lipinski definition) is 5. The summed E-state index contributed by atoms with van der Waals surface area (Å²) in [6, 6.07) is 0.261. The Kier molecular flexibility index (Phi) is 5.54. The van der Waals surface area contributed by atoms with Gasteiger partial charge in [0.25, 0.3) is 5.56 Å². The van der Waals surface area contributed by atoms with Gasteiger partial charge in [0.15, 0.2) is 11.2 Å². The number of hydrogen-bond donors (Lipinski definition) is 3. The number of rotatable bonds is 8. The van der Waals surface area contributed by atoms with Crippen molar-refractivity contribution < 1.29 is 0 Å². The first kappa shape index (κ1) is 16.5. The molecule has 2 rings (SSSR count). The van der Waals surface area contributed by atoms with Gasteiger partial charge in [-0.05, 0) is 12.8 Å². The Hall–Kier alpha value is -1.89. The van der Waals surface area contributed by atoms with E-state index in [2.05, 4.69) is 28.8 Å². The third-order valence-corrected chi connectivity index (χ3v) is 3.97. The summed E-state index contributed by atoms with van der Waals surface area (Å²) in [5, 5.41) is 0. The minimum Gasteiger partial charge on any atom is -0.369 e. The Morgan fingerprint density at radius 2 is 1.82 bits per heavy atom. The molecule has 0 saturated heterocycles. The molecule has 0 aliphatic heterocycles.